The Hall–Kier alpha value is -1.59. The second-order valence-electron chi connectivity index (χ2n) is 5.87. The van der Waals surface area contributed by atoms with Gasteiger partial charge < -0.3 is 15.2 Å². The Morgan fingerprint density at radius 2 is 1.74 bits per heavy atom. The highest BCUT2D eigenvalue weighted by molar-refractivity contribution is 5.93. The summed E-state index contributed by atoms with van der Waals surface area (Å²) in [5.74, 6) is -3.32. The Labute approximate surface area is 112 Å². The van der Waals surface area contributed by atoms with Crippen molar-refractivity contribution in [1.29, 1.82) is 0 Å². The van der Waals surface area contributed by atoms with Crippen LogP contribution in [0.1, 0.15) is 27.7 Å². The maximum Gasteiger partial charge on any atom is 0.328 e. The van der Waals surface area contributed by atoms with E-state index in [9.17, 15) is 14.4 Å². The molecule has 1 aliphatic carbocycles. The van der Waals surface area contributed by atoms with Crippen LogP contribution in [0, 0.1) is 23.2 Å². The van der Waals surface area contributed by atoms with Gasteiger partial charge in [-0.05, 0) is 11.3 Å². The van der Waals surface area contributed by atoms with Crippen molar-refractivity contribution < 1.29 is 24.2 Å². The lowest BCUT2D eigenvalue weighted by Crippen LogP contribution is -2.46. The molecule has 3 atom stereocenters. The number of rotatable bonds is 5. The highest BCUT2D eigenvalue weighted by Crippen LogP contribution is 2.58. The molecule has 1 rings (SSSR count). The topological polar surface area (TPSA) is 92.7 Å². The van der Waals surface area contributed by atoms with Gasteiger partial charge in [-0.1, -0.05) is 27.7 Å². The summed E-state index contributed by atoms with van der Waals surface area (Å²) in [6, 6.07) is -0.747. The fourth-order valence-corrected chi connectivity index (χ4v) is 2.46. The van der Waals surface area contributed by atoms with Crippen LogP contribution in [0.25, 0.3) is 0 Å². The van der Waals surface area contributed by atoms with Crippen molar-refractivity contribution in [2.24, 2.45) is 23.2 Å². The van der Waals surface area contributed by atoms with Gasteiger partial charge in [0.25, 0.3) is 0 Å². The van der Waals surface area contributed by atoms with E-state index in [1.165, 1.54) is 7.11 Å². The van der Waals surface area contributed by atoms with E-state index >= 15 is 0 Å². The van der Waals surface area contributed by atoms with Gasteiger partial charge >= 0.3 is 11.9 Å². The molecule has 0 aromatic carbocycles. The largest absolute Gasteiger partial charge is 0.481 e. The van der Waals surface area contributed by atoms with E-state index in [4.69, 9.17) is 5.11 Å². The van der Waals surface area contributed by atoms with Gasteiger partial charge in [-0.3, -0.25) is 9.59 Å². The molecule has 0 bridgehead atoms. The minimum absolute atomic E-state index is 0.124. The van der Waals surface area contributed by atoms with E-state index in [-0.39, 0.29) is 5.92 Å². The number of esters is 1. The molecule has 2 N–H and O–H groups in total. The number of nitrogens with one attached hydrogen (secondary N) is 1. The molecule has 1 amide bonds. The summed E-state index contributed by atoms with van der Waals surface area (Å²) < 4.78 is 4.63. The first kappa shape index (κ1) is 15.5. The highest BCUT2D eigenvalue weighted by atomic mass is 16.5. The van der Waals surface area contributed by atoms with Crippen molar-refractivity contribution in [3.05, 3.63) is 0 Å². The lowest BCUT2D eigenvalue weighted by Gasteiger charge is -2.20. The van der Waals surface area contributed by atoms with Gasteiger partial charge in [-0.25, -0.2) is 4.79 Å². The fourth-order valence-electron chi connectivity index (χ4n) is 2.46. The molecule has 1 aliphatic rings. The number of carboxylic acid groups (broad SMARTS) is 1. The van der Waals surface area contributed by atoms with E-state index in [0.29, 0.717) is 0 Å². The number of aliphatic carboxylic acids is 1. The first-order valence-electron chi connectivity index (χ1n) is 6.25. The first-order valence-corrected chi connectivity index (χ1v) is 6.25. The van der Waals surface area contributed by atoms with Crippen molar-refractivity contribution in [3.8, 4) is 0 Å². The van der Waals surface area contributed by atoms with Crippen LogP contribution >= 0.6 is 0 Å². The Morgan fingerprint density at radius 1 is 1.21 bits per heavy atom. The van der Waals surface area contributed by atoms with E-state index in [1.54, 1.807) is 27.7 Å². The van der Waals surface area contributed by atoms with Gasteiger partial charge in [0.1, 0.15) is 6.04 Å². The van der Waals surface area contributed by atoms with Crippen LogP contribution in [-0.4, -0.2) is 36.1 Å². The number of carbonyl (C=O) groups excluding carboxylic acids is 2. The zero-order valence-electron chi connectivity index (χ0n) is 11.9. The number of hydrogen-bond acceptors (Lipinski definition) is 4. The molecule has 0 radical (unpaired) electrons. The van der Waals surface area contributed by atoms with E-state index < -0.39 is 41.1 Å². The van der Waals surface area contributed by atoms with Gasteiger partial charge in [0, 0.05) is 0 Å². The quantitative estimate of drug-likeness (QED) is 0.716. The van der Waals surface area contributed by atoms with E-state index in [0.717, 1.165) is 0 Å². The number of ether oxygens (including phenoxy) is 1. The second kappa shape index (κ2) is 5.19. The van der Waals surface area contributed by atoms with Crippen LogP contribution in [0.15, 0.2) is 0 Å². The summed E-state index contributed by atoms with van der Waals surface area (Å²) in [7, 11) is 1.25. The molecule has 19 heavy (non-hydrogen) atoms. The summed E-state index contributed by atoms with van der Waals surface area (Å²) in [6.07, 6.45) is 0. The third-order valence-electron chi connectivity index (χ3n) is 3.80. The maximum atomic E-state index is 12.1. The first-order chi connectivity index (χ1) is 8.64. The van der Waals surface area contributed by atoms with E-state index in [1.807, 2.05) is 0 Å². The Kier molecular flexibility index (Phi) is 4.22. The van der Waals surface area contributed by atoms with Crippen molar-refractivity contribution in [2.45, 2.75) is 33.7 Å². The van der Waals surface area contributed by atoms with Crippen LogP contribution in [0.5, 0.6) is 0 Å². The normalized spacial score (nSPS) is 25.6. The summed E-state index contributed by atoms with van der Waals surface area (Å²) in [5, 5.41) is 11.6. The molecule has 6 heteroatoms. The average Bonchev–Trinajstić information content (AvgIpc) is 2.87. The molecule has 108 valence electrons. The average molecular weight is 271 g/mol. The third-order valence-corrected chi connectivity index (χ3v) is 3.80. The smallest absolute Gasteiger partial charge is 0.328 e. The van der Waals surface area contributed by atoms with Crippen LogP contribution in [0.2, 0.25) is 0 Å². The van der Waals surface area contributed by atoms with Crippen molar-refractivity contribution in [1.82, 2.24) is 5.32 Å². The number of hydrogen-bond donors (Lipinski definition) is 2. The molecule has 1 saturated carbocycles. The molecule has 0 aromatic rings. The van der Waals surface area contributed by atoms with Gasteiger partial charge in [0.2, 0.25) is 5.91 Å². The molecular weight excluding hydrogens is 250 g/mol. The van der Waals surface area contributed by atoms with Crippen molar-refractivity contribution in [2.75, 3.05) is 7.11 Å². The van der Waals surface area contributed by atoms with Crippen molar-refractivity contribution in [3.63, 3.8) is 0 Å². The predicted molar refractivity (Wildman–Crippen MR) is 67.2 cm³/mol. The van der Waals surface area contributed by atoms with Crippen molar-refractivity contribution >= 4 is 17.8 Å². The zero-order chi connectivity index (χ0) is 15.0. The fraction of sp³-hybridized carbons (Fsp3) is 0.769. The monoisotopic (exact) mass is 271 g/mol. The second-order valence-corrected chi connectivity index (χ2v) is 5.87. The van der Waals surface area contributed by atoms with Crippen LogP contribution in [-0.2, 0) is 19.1 Å². The van der Waals surface area contributed by atoms with Crippen LogP contribution in [0.3, 0.4) is 0 Å². The number of methoxy groups -OCH3 is 1. The Morgan fingerprint density at radius 3 is 2.05 bits per heavy atom. The lowest BCUT2D eigenvalue weighted by molar-refractivity contribution is -0.146. The molecular formula is C13H21NO5. The minimum Gasteiger partial charge on any atom is -0.481 e. The summed E-state index contributed by atoms with van der Waals surface area (Å²) in [6.45, 7) is 7.04. The van der Waals surface area contributed by atoms with Gasteiger partial charge in [-0.15, -0.1) is 0 Å². The Balaban J connectivity index is 2.75. The molecule has 0 aliphatic heterocycles. The molecule has 0 heterocycles. The van der Waals surface area contributed by atoms with E-state index in [2.05, 4.69) is 10.1 Å². The number of carboxylic acids is 1. The molecule has 2 unspecified atom stereocenters. The summed E-state index contributed by atoms with van der Waals surface area (Å²) in [5.41, 5.74) is -0.576. The Bertz CT molecular complexity index is 402. The molecule has 0 aromatic heterocycles. The lowest BCUT2D eigenvalue weighted by atomic mass is 10.0. The summed E-state index contributed by atoms with van der Waals surface area (Å²) in [4.78, 5) is 34.7. The minimum atomic E-state index is -0.982. The van der Waals surface area contributed by atoms with Crippen LogP contribution < -0.4 is 5.32 Å². The highest BCUT2D eigenvalue weighted by Gasteiger charge is 2.66. The molecule has 6 nitrogen and oxygen atoms in total. The predicted octanol–water partition coefficient (Wildman–Crippen LogP) is 0.657. The molecule has 1 fully saturated rings. The summed E-state index contributed by atoms with van der Waals surface area (Å²) >= 11 is 0. The standard InChI is InChI=1S/C13H21NO5/c1-6(2)9(12(18)19-5)14-10(15)7-8(11(16)17)13(7,3)4/h6-9H,1-5H3,(H,14,15)(H,16,17)/t7?,8?,9-/m0/s1. The molecule has 0 saturated heterocycles. The third kappa shape index (κ3) is 2.88. The molecule has 0 spiro atoms. The number of carbonyl (C=O) groups is 3. The van der Waals surface area contributed by atoms with Gasteiger partial charge in [-0.2, -0.15) is 0 Å². The maximum absolute atomic E-state index is 12.1. The van der Waals surface area contributed by atoms with Gasteiger partial charge in [0.15, 0.2) is 0 Å². The zero-order valence-corrected chi connectivity index (χ0v) is 11.9. The SMILES string of the molecule is COC(=O)[C@@H](NC(=O)C1C(C(=O)O)C1(C)C)C(C)C. The number of amides is 1. The van der Waals surface area contributed by atoms with Gasteiger partial charge in [0.05, 0.1) is 18.9 Å². The van der Waals surface area contributed by atoms with Crippen LogP contribution in [0.4, 0.5) is 0 Å².